The minimum absolute atomic E-state index is 0.184. The van der Waals surface area contributed by atoms with E-state index in [1.807, 2.05) is 18.7 Å². The Hall–Kier alpha value is -2.30. The molecule has 2 aromatic rings. The van der Waals surface area contributed by atoms with Crippen LogP contribution in [-0.2, 0) is 25.6 Å². The minimum Gasteiger partial charge on any atom is -0.352 e. The molecule has 0 saturated carbocycles. The predicted octanol–water partition coefficient (Wildman–Crippen LogP) is 3.20. The van der Waals surface area contributed by atoms with Crippen molar-refractivity contribution in [1.82, 2.24) is 20.4 Å². The monoisotopic (exact) mass is 341 g/mol. The topological polar surface area (TPSA) is 54.2 Å². The van der Waals surface area contributed by atoms with Gasteiger partial charge in [0.1, 0.15) is 0 Å². The molecule has 0 unspecified atom stereocenters. The fourth-order valence-corrected chi connectivity index (χ4v) is 2.77. The van der Waals surface area contributed by atoms with Gasteiger partial charge in [0.25, 0.3) is 0 Å². The summed E-state index contributed by atoms with van der Waals surface area (Å²) in [6.45, 7) is 12.3. The van der Waals surface area contributed by atoms with Crippen LogP contribution in [-0.4, -0.2) is 22.8 Å². The second-order valence-corrected chi connectivity index (χ2v) is 7.50. The summed E-state index contributed by atoms with van der Waals surface area (Å²) in [6.07, 6.45) is 0. The van der Waals surface area contributed by atoms with Crippen LogP contribution in [0.1, 0.15) is 48.8 Å². The average molecular weight is 342 g/mol. The summed E-state index contributed by atoms with van der Waals surface area (Å²) in [6, 6.07) is 8.76. The van der Waals surface area contributed by atoms with E-state index in [4.69, 9.17) is 0 Å². The summed E-state index contributed by atoms with van der Waals surface area (Å²) in [4.78, 5) is 4.31. The van der Waals surface area contributed by atoms with Crippen LogP contribution in [0.5, 0.6) is 0 Å². The number of aliphatic imine (C=N–C) groups is 1. The number of nitrogens with one attached hydrogen (secondary N) is 2. The third kappa shape index (κ3) is 4.84. The molecule has 0 aliphatic rings. The van der Waals surface area contributed by atoms with Crippen LogP contribution in [0.3, 0.4) is 0 Å². The number of aryl methyl sites for hydroxylation is 2. The molecule has 1 heterocycles. The maximum absolute atomic E-state index is 4.45. The quantitative estimate of drug-likeness (QED) is 0.663. The van der Waals surface area contributed by atoms with Gasteiger partial charge >= 0.3 is 0 Å². The van der Waals surface area contributed by atoms with Crippen molar-refractivity contribution in [3.05, 3.63) is 52.3 Å². The second-order valence-electron chi connectivity index (χ2n) is 7.50. The summed E-state index contributed by atoms with van der Waals surface area (Å²) >= 11 is 0. The lowest BCUT2D eigenvalue weighted by molar-refractivity contribution is 0.590. The third-order valence-corrected chi connectivity index (χ3v) is 4.60. The molecule has 0 bridgehead atoms. The van der Waals surface area contributed by atoms with Crippen LogP contribution in [0, 0.1) is 13.8 Å². The van der Waals surface area contributed by atoms with Gasteiger partial charge in [0.05, 0.1) is 5.69 Å². The molecule has 136 valence electrons. The van der Waals surface area contributed by atoms with Gasteiger partial charge in [0.15, 0.2) is 5.96 Å². The molecule has 5 heteroatoms. The molecule has 0 saturated heterocycles. The van der Waals surface area contributed by atoms with E-state index in [9.17, 15) is 0 Å². The zero-order valence-electron chi connectivity index (χ0n) is 16.6. The lowest BCUT2D eigenvalue weighted by atomic mass is 9.87. The number of rotatable bonds is 4. The maximum Gasteiger partial charge on any atom is 0.191 e. The van der Waals surface area contributed by atoms with Gasteiger partial charge in [-0.1, -0.05) is 45.0 Å². The molecular weight excluding hydrogens is 310 g/mol. The number of benzene rings is 1. The van der Waals surface area contributed by atoms with E-state index in [1.54, 1.807) is 7.05 Å². The summed E-state index contributed by atoms with van der Waals surface area (Å²) in [7, 11) is 3.77. The highest BCUT2D eigenvalue weighted by Gasteiger charge is 2.13. The molecule has 25 heavy (non-hydrogen) atoms. The maximum atomic E-state index is 4.45. The Kier molecular flexibility index (Phi) is 5.88. The van der Waals surface area contributed by atoms with Crippen LogP contribution >= 0.6 is 0 Å². The number of aromatic nitrogens is 2. The zero-order chi connectivity index (χ0) is 18.6. The predicted molar refractivity (Wildman–Crippen MR) is 105 cm³/mol. The molecule has 2 rings (SSSR count). The number of nitrogens with zero attached hydrogens (tertiary/aromatic N) is 3. The van der Waals surface area contributed by atoms with Crippen molar-refractivity contribution in [2.75, 3.05) is 7.05 Å². The molecule has 0 fully saturated rings. The zero-order valence-corrected chi connectivity index (χ0v) is 16.6. The Morgan fingerprint density at radius 1 is 1.08 bits per heavy atom. The van der Waals surface area contributed by atoms with Gasteiger partial charge in [-0.2, -0.15) is 5.10 Å². The van der Waals surface area contributed by atoms with E-state index in [0.717, 1.165) is 18.2 Å². The van der Waals surface area contributed by atoms with E-state index < -0.39 is 0 Å². The smallest absolute Gasteiger partial charge is 0.191 e. The van der Waals surface area contributed by atoms with Crippen molar-refractivity contribution >= 4 is 5.96 Å². The van der Waals surface area contributed by atoms with Gasteiger partial charge in [-0.3, -0.25) is 9.67 Å². The van der Waals surface area contributed by atoms with Crippen molar-refractivity contribution < 1.29 is 0 Å². The standard InChI is InChI=1S/C20H31N5/c1-14-18(15(2)25(7)24-14)13-23-19(21-6)22-12-16-8-10-17(11-9-16)20(3,4)5/h8-11H,12-13H2,1-7H3,(H2,21,22,23). The van der Waals surface area contributed by atoms with Crippen molar-refractivity contribution in [3.63, 3.8) is 0 Å². The molecular formula is C20H31N5. The number of guanidine groups is 1. The van der Waals surface area contributed by atoms with Crippen molar-refractivity contribution in [3.8, 4) is 0 Å². The highest BCUT2D eigenvalue weighted by molar-refractivity contribution is 5.79. The van der Waals surface area contributed by atoms with Crippen LogP contribution in [0.2, 0.25) is 0 Å². The molecule has 5 nitrogen and oxygen atoms in total. The minimum atomic E-state index is 0.184. The lowest BCUT2D eigenvalue weighted by Crippen LogP contribution is -2.36. The van der Waals surface area contributed by atoms with Crippen LogP contribution < -0.4 is 10.6 Å². The Bertz CT molecular complexity index is 733. The van der Waals surface area contributed by atoms with Gasteiger partial charge in [-0.15, -0.1) is 0 Å². The first-order chi connectivity index (χ1) is 11.7. The van der Waals surface area contributed by atoms with Gasteiger partial charge in [0, 0.05) is 38.4 Å². The highest BCUT2D eigenvalue weighted by Crippen LogP contribution is 2.22. The molecule has 0 amide bonds. The van der Waals surface area contributed by atoms with E-state index in [1.165, 1.54) is 22.4 Å². The molecule has 2 N–H and O–H groups in total. The van der Waals surface area contributed by atoms with E-state index >= 15 is 0 Å². The highest BCUT2D eigenvalue weighted by atomic mass is 15.3. The molecule has 1 aromatic carbocycles. The third-order valence-electron chi connectivity index (χ3n) is 4.60. The molecule has 0 radical (unpaired) electrons. The van der Waals surface area contributed by atoms with Crippen LogP contribution in [0.15, 0.2) is 29.3 Å². The largest absolute Gasteiger partial charge is 0.352 e. The lowest BCUT2D eigenvalue weighted by Gasteiger charge is -2.19. The molecule has 0 aliphatic heterocycles. The van der Waals surface area contributed by atoms with Gasteiger partial charge < -0.3 is 10.6 Å². The summed E-state index contributed by atoms with van der Waals surface area (Å²) in [5.74, 6) is 0.794. The van der Waals surface area contributed by atoms with E-state index in [2.05, 4.69) is 72.7 Å². The van der Waals surface area contributed by atoms with Crippen LogP contribution in [0.4, 0.5) is 0 Å². The fourth-order valence-electron chi connectivity index (χ4n) is 2.77. The second kappa shape index (κ2) is 7.72. The van der Waals surface area contributed by atoms with Gasteiger partial charge in [-0.05, 0) is 30.4 Å². The Labute approximate surface area is 151 Å². The normalized spacial score (nSPS) is 12.4. The first-order valence-electron chi connectivity index (χ1n) is 8.75. The molecule has 0 spiro atoms. The summed E-state index contributed by atoms with van der Waals surface area (Å²) in [5.41, 5.74) is 6.23. The van der Waals surface area contributed by atoms with E-state index in [-0.39, 0.29) is 5.41 Å². The van der Waals surface area contributed by atoms with Crippen LogP contribution in [0.25, 0.3) is 0 Å². The van der Waals surface area contributed by atoms with E-state index in [0.29, 0.717) is 6.54 Å². The molecule has 0 aliphatic carbocycles. The SMILES string of the molecule is CN=C(NCc1ccc(C(C)(C)C)cc1)NCc1c(C)nn(C)c1C. The van der Waals surface area contributed by atoms with Gasteiger partial charge in [-0.25, -0.2) is 0 Å². The Morgan fingerprint density at radius 2 is 1.68 bits per heavy atom. The van der Waals surface area contributed by atoms with Crippen molar-refractivity contribution in [1.29, 1.82) is 0 Å². The van der Waals surface area contributed by atoms with Gasteiger partial charge in [0.2, 0.25) is 0 Å². The first-order valence-corrected chi connectivity index (χ1v) is 8.75. The summed E-state index contributed by atoms with van der Waals surface area (Å²) in [5, 5.41) is 11.2. The Morgan fingerprint density at radius 3 is 2.16 bits per heavy atom. The number of hydrogen-bond donors (Lipinski definition) is 2. The average Bonchev–Trinajstić information content (AvgIpc) is 2.80. The van der Waals surface area contributed by atoms with Crippen molar-refractivity contribution in [2.45, 2.75) is 53.1 Å². The summed E-state index contributed by atoms with van der Waals surface area (Å²) < 4.78 is 1.92. The molecule has 1 aromatic heterocycles. The number of hydrogen-bond acceptors (Lipinski definition) is 2. The Balaban J connectivity index is 1.92. The first kappa shape index (κ1) is 19.0. The van der Waals surface area contributed by atoms with Crippen molar-refractivity contribution in [2.24, 2.45) is 12.0 Å². The molecule has 0 atom stereocenters. The fraction of sp³-hybridized carbons (Fsp3) is 0.500.